The molecule has 10 heteroatoms. The quantitative estimate of drug-likeness (QED) is 0.684. The molecule has 1 atom stereocenters. The van der Waals surface area contributed by atoms with Gasteiger partial charge in [0.2, 0.25) is 9.84 Å². The van der Waals surface area contributed by atoms with Crippen molar-refractivity contribution in [3.05, 3.63) is 29.8 Å². The summed E-state index contributed by atoms with van der Waals surface area (Å²) in [6.45, 7) is 0.395. The molecule has 0 aliphatic carbocycles. The largest absolute Gasteiger partial charge is 0.479 e. The van der Waals surface area contributed by atoms with Gasteiger partial charge in [0.1, 0.15) is 0 Å². The highest BCUT2D eigenvalue weighted by molar-refractivity contribution is 7.91. The van der Waals surface area contributed by atoms with Crippen molar-refractivity contribution in [2.45, 2.75) is 23.2 Å². The number of hydrogen-bond acceptors (Lipinski definition) is 5. The molecule has 0 aromatic heterocycles. The van der Waals surface area contributed by atoms with Crippen LogP contribution in [0, 0.1) is 0 Å². The van der Waals surface area contributed by atoms with Gasteiger partial charge in [-0.15, -0.1) is 0 Å². The van der Waals surface area contributed by atoms with Crippen LogP contribution in [0.25, 0.3) is 0 Å². The van der Waals surface area contributed by atoms with Crippen LogP contribution in [0.2, 0.25) is 0 Å². The van der Waals surface area contributed by atoms with E-state index in [9.17, 15) is 31.9 Å². The van der Waals surface area contributed by atoms with Crippen LogP contribution in [0.4, 0.5) is 8.78 Å². The molecule has 0 spiro atoms. The second-order valence-electron chi connectivity index (χ2n) is 4.59. The Morgan fingerprint density at radius 1 is 1.27 bits per heavy atom. The second-order valence-corrected chi connectivity index (χ2v) is 6.51. The van der Waals surface area contributed by atoms with Gasteiger partial charge in [-0.25, -0.2) is 13.2 Å². The lowest BCUT2D eigenvalue weighted by Crippen LogP contribution is -2.46. The number of benzene rings is 1. The van der Waals surface area contributed by atoms with E-state index in [0.29, 0.717) is 0 Å². The first kappa shape index (κ1) is 18.0. The van der Waals surface area contributed by atoms with Gasteiger partial charge in [-0.2, -0.15) is 8.78 Å². The number of halogens is 2. The molecule has 0 fully saturated rings. The number of sulfone groups is 1. The van der Waals surface area contributed by atoms with Gasteiger partial charge in [-0.1, -0.05) is 0 Å². The third-order valence-electron chi connectivity index (χ3n) is 2.73. The van der Waals surface area contributed by atoms with E-state index in [1.54, 1.807) is 0 Å². The van der Waals surface area contributed by atoms with E-state index in [4.69, 9.17) is 5.11 Å². The van der Waals surface area contributed by atoms with E-state index in [-0.39, 0.29) is 5.56 Å². The van der Waals surface area contributed by atoms with Crippen molar-refractivity contribution in [2.24, 2.45) is 0 Å². The fraction of sp³-hybridized carbons (Fsp3) is 0.333. The predicted molar refractivity (Wildman–Crippen MR) is 70.2 cm³/mol. The number of rotatable bonds is 6. The first-order valence-corrected chi connectivity index (χ1v) is 7.39. The number of amides is 1. The highest BCUT2D eigenvalue weighted by Gasteiger charge is 2.30. The molecule has 0 aliphatic heterocycles. The smallest absolute Gasteiger partial charge is 0.341 e. The molecule has 1 aromatic carbocycles. The van der Waals surface area contributed by atoms with Crippen molar-refractivity contribution in [1.82, 2.24) is 5.32 Å². The van der Waals surface area contributed by atoms with Gasteiger partial charge < -0.3 is 15.5 Å². The van der Waals surface area contributed by atoms with Crippen LogP contribution in [0.15, 0.2) is 29.2 Å². The molecule has 7 nitrogen and oxygen atoms in total. The van der Waals surface area contributed by atoms with E-state index < -0.39 is 44.5 Å². The molecule has 0 radical (unpaired) electrons. The number of carboxylic acids is 1. The van der Waals surface area contributed by atoms with Gasteiger partial charge in [-0.05, 0) is 31.2 Å². The van der Waals surface area contributed by atoms with Crippen molar-refractivity contribution >= 4 is 21.7 Å². The highest BCUT2D eigenvalue weighted by Crippen LogP contribution is 2.18. The van der Waals surface area contributed by atoms with E-state index >= 15 is 0 Å². The first-order valence-electron chi connectivity index (χ1n) is 5.84. The van der Waals surface area contributed by atoms with Crippen molar-refractivity contribution in [3.8, 4) is 0 Å². The number of nitrogens with one attached hydrogen (secondary N) is 1. The third kappa shape index (κ3) is 3.98. The summed E-state index contributed by atoms with van der Waals surface area (Å²) in [6.07, 6.45) is 0. The molecule has 0 saturated carbocycles. The van der Waals surface area contributed by atoms with Crippen LogP contribution in [-0.4, -0.2) is 48.4 Å². The second kappa shape index (κ2) is 6.36. The molecule has 1 aromatic rings. The SMILES string of the molecule is CC(O)(CNC(=O)c1ccc(S(=O)(=O)C(F)F)cc1)C(=O)O. The average Bonchev–Trinajstić information content (AvgIpc) is 2.44. The lowest BCUT2D eigenvalue weighted by atomic mass is 10.1. The topological polar surface area (TPSA) is 121 Å². The van der Waals surface area contributed by atoms with Gasteiger partial charge in [0.05, 0.1) is 11.4 Å². The first-order chi connectivity index (χ1) is 9.98. The van der Waals surface area contributed by atoms with E-state index in [0.717, 1.165) is 31.2 Å². The number of alkyl halides is 2. The fourth-order valence-corrected chi connectivity index (χ4v) is 2.05. The summed E-state index contributed by atoms with van der Waals surface area (Å²) in [5, 5.41) is 20.2. The molecule has 3 N–H and O–H groups in total. The Balaban J connectivity index is 2.84. The normalized spacial score (nSPS) is 14.4. The predicted octanol–water partition coefficient (Wildman–Crippen LogP) is 0.248. The third-order valence-corrected chi connectivity index (χ3v) is 4.13. The Morgan fingerprint density at radius 3 is 2.18 bits per heavy atom. The molecule has 1 rings (SSSR count). The molecule has 0 heterocycles. The van der Waals surface area contributed by atoms with Gasteiger partial charge in [0.15, 0.2) is 5.60 Å². The summed E-state index contributed by atoms with van der Waals surface area (Å²) in [4.78, 5) is 21.7. The maximum absolute atomic E-state index is 12.3. The number of carbonyl (C=O) groups is 2. The Bertz CT molecular complexity index is 669. The van der Waals surface area contributed by atoms with Crippen LogP contribution in [0.3, 0.4) is 0 Å². The van der Waals surface area contributed by atoms with Crippen LogP contribution in [0.5, 0.6) is 0 Å². The highest BCUT2D eigenvalue weighted by atomic mass is 32.2. The lowest BCUT2D eigenvalue weighted by molar-refractivity contribution is -0.155. The Labute approximate surface area is 124 Å². The summed E-state index contributed by atoms with van der Waals surface area (Å²) in [7, 11) is -4.75. The molecular formula is C12H13F2NO6S. The lowest BCUT2D eigenvalue weighted by Gasteiger charge is -2.18. The van der Waals surface area contributed by atoms with E-state index in [2.05, 4.69) is 5.32 Å². The molecule has 0 saturated heterocycles. The van der Waals surface area contributed by atoms with Crippen LogP contribution in [-0.2, 0) is 14.6 Å². The Hall–Kier alpha value is -2.07. The van der Waals surface area contributed by atoms with Gasteiger partial charge in [-0.3, -0.25) is 4.79 Å². The summed E-state index contributed by atoms with van der Waals surface area (Å²) in [6, 6.07) is 3.68. The molecule has 1 amide bonds. The Morgan fingerprint density at radius 2 is 1.77 bits per heavy atom. The number of aliphatic carboxylic acids is 1. The van der Waals surface area contributed by atoms with Gasteiger partial charge >= 0.3 is 11.7 Å². The standard InChI is InChI=1S/C12H13F2NO6S/c1-12(19,10(17)18)6-15-9(16)7-2-4-8(5-3-7)22(20,21)11(13)14/h2-5,11,19H,6H2,1H3,(H,15,16)(H,17,18). The number of aliphatic hydroxyl groups is 1. The molecule has 1 unspecified atom stereocenters. The number of carboxylic acid groups (broad SMARTS) is 1. The van der Waals surface area contributed by atoms with Gasteiger partial charge in [0, 0.05) is 5.56 Å². The zero-order chi connectivity index (χ0) is 17.1. The summed E-state index contributed by atoms with van der Waals surface area (Å²) < 4.78 is 47.1. The summed E-state index contributed by atoms with van der Waals surface area (Å²) >= 11 is 0. The fourth-order valence-electron chi connectivity index (χ4n) is 1.33. The van der Waals surface area contributed by atoms with E-state index in [1.165, 1.54) is 0 Å². The number of hydrogen-bond donors (Lipinski definition) is 3. The van der Waals surface area contributed by atoms with Crippen molar-refractivity contribution < 1.29 is 37.0 Å². The number of carbonyl (C=O) groups excluding carboxylic acids is 1. The summed E-state index contributed by atoms with van der Waals surface area (Å²) in [5.74, 6) is -5.90. The van der Waals surface area contributed by atoms with E-state index in [1.807, 2.05) is 0 Å². The van der Waals surface area contributed by atoms with Crippen molar-refractivity contribution in [1.29, 1.82) is 0 Å². The summed E-state index contributed by atoms with van der Waals surface area (Å²) in [5.41, 5.74) is -2.25. The zero-order valence-corrected chi connectivity index (χ0v) is 12.1. The monoisotopic (exact) mass is 337 g/mol. The minimum Gasteiger partial charge on any atom is -0.479 e. The molecule has 122 valence electrons. The Kier molecular flexibility index (Phi) is 5.20. The molecular weight excluding hydrogens is 324 g/mol. The minimum absolute atomic E-state index is 0.0746. The maximum atomic E-state index is 12.3. The van der Waals surface area contributed by atoms with Crippen molar-refractivity contribution in [2.75, 3.05) is 6.54 Å². The molecule has 0 aliphatic rings. The average molecular weight is 337 g/mol. The zero-order valence-electron chi connectivity index (χ0n) is 11.3. The molecule has 22 heavy (non-hydrogen) atoms. The van der Waals surface area contributed by atoms with Crippen LogP contribution < -0.4 is 5.32 Å². The minimum atomic E-state index is -4.75. The maximum Gasteiger partial charge on any atom is 0.341 e. The van der Waals surface area contributed by atoms with Crippen LogP contribution >= 0.6 is 0 Å². The molecule has 0 bridgehead atoms. The van der Waals surface area contributed by atoms with Crippen molar-refractivity contribution in [3.63, 3.8) is 0 Å². The van der Waals surface area contributed by atoms with Crippen LogP contribution in [0.1, 0.15) is 17.3 Å². The van der Waals surface area contributed by atoms with Gasteiger partial charge in [0.25, 0.3) is 5.91 Å².